The molecule has 7 aromatic carbocycles. The first-order chi connectivity index (χ1) is 21.2. The average Bonchev–Trinajstić information content (AvgIpc) is 3.09. The number of rotatable bonds is 7. The Morgan fingerprint density at radius 2 is 0.674 bits per heavy atom. The Balaban J connectivity index is 1.13. The van der Waals surface area contributed by atoms with Gasteiger partial charge in [0.15, 0.2) is 0 Å². The van der Waals surface area contributed by atoms with Crippen LogP contribution in [-0.4, -0.2) is 7.05 Å². The fourth-order valence-corrected chi connectivity index (χ4v) is 5.68. The van der Waals surface area contributed by atoms with Gasteiger partial charge < -0.3 is 9.80 Å². The molecule has 0 unspecified atom stereocenters. The molecule has 0 aliphatic heterocycles. The van der Waals surface area contributed by atoms with Crippen molar-refractivity contribution < 1.29 is 0 Å². The largest absolute Gasteiger partial charge is 0.345 e. The van der Waals surface area contributed by atoms with Crippen molar-refractivity contribution in [1.82, 2.24) is 0 Å². The zero-order valence-electron chi connectivity index (χ0n) is 24.1. The molecule has 2 nitrogen and oxygen atoms in total. The smallest absolute Gasteiger partial charge is 0.0468 e. The van der Waals surface area contributed by atoms with E-state index in [1.54, 1.807) is 0 Å². The molecular weight excluding hydrogens is 520 g/mol. The van der Waals surface area contributed by atoms with Crippen molar-refractivity contribution in [2.75, 3.05) is 16.8 Å². The predicted molar refractivity (Wildman–Crippen MR) is 184 cm³/mol. The summed E-state index contributed by atoms with van der Waals surface area (Å²) in [5.74, 6) is 0. The monoisotopic (exact) mass is 552 g/mol. The molecule has 0 aliphatic carbocycles. The minimum atomic E-state index is 1.13. The summed E-state index contributed by atoms with van der Waals surface area (Å²) in [5.41, 5.74) is 10.6. The van der Waals surface area contributed by atoms with Crippen molar-refractivity contribution >= 4 is 39.2 Å². The Bertz CT molecular complexity index is 1940. The molecule has 7 rings (SSSR count). The third-order valence-electron chi connectivity index (χ3n) is 8.08. The molecule has 43 heavy (non-hydrogen) atoms. The minimum Gasteiger partial charge on any atom is -0.345 e. The van der Waals surface area contributed by atoms with Gasteiger partial charge in [0.1, 0.15) is 0 Å². The van der Waals surface area contributed by atoms with Crippen LogP contribution < -0.4 is 9.80 Å². The summed E-state index contributed by atoms with van der Waals surface area (Å²) in [6.45, 7) is 0. The van der Waals surface area contributed by atoms with E-state index >= 15 is 0 Å². The van der Waals surface area contributed by atoms with Crippen LogP contribution in [0.5, 0.6) is 0 Å². The number of nitrogens with zero attached hydrogens (tertiary/aromatic N) is 2. The summed E-state index contributed by atoms with van der Waals surface area (Å²) in [6, 6.07) is 62.7. The van der Waals surface area contributed by atoms with Gasteiger partial charge >= 0.3 is 0 Å². The zero-order chi connectivity index (χ0) is 29.0. The number of hydrogen-bond donors (Lipinski definition) is 0. The van der Waals surface area contributed by atoms with Crippen LogP contribution in [-0.2, 0) is 0 Å². The van der Waals surface area contributed by atoms with Gasteiger partial charge in [0, 0.05) is 35.5 Å². The second-order valence-electron chi connectivity index (χ2n) is 10.8. The number of fused-ring (bicyclic) bond motifs is 1. The van der Waals surface area contributed by atoms with Crippen molar-refractivity contribution in [1.29, 1.82) is 0 Å². The fourth-order valence-electron chi connectivity index (χ4n) is 5.68. The molecule has 206 valence electrons. The van der Waals surface area contributed by atoms with E-state index < -0.39 is 0 Å². The highest BCUT2D eigenvalue weighted by Crippen LogP contribution is 2.37. The highest BCUT2D eigenvalue weighted by atomic mass is 15.1. The van der Waals surface area contributed by atoms with Crippen LogP contribution in [0.15, 0.2) is 176 Å². The van der Waals surface area contributed by atoms with Gasteiger partial charge in [-0.15, -0.1) is 0 Å². The Morgan fingerprint density at radius 3 is 1.23 bits per heavy atom. The summed E-state index contributed by atoms with van der Waals surface area (Å²) < 4.78 is 0. The summed E-state index contributed by atoms with van der Waals surface area (Å²) in [6.07, 6.45) is 0. The van der Waals surface area contributed by atoms with Crippen LogP contribution >= 0.6 is 0 Å². The van der Waals surface area contributed by atoms with Gasteiger partial charge in [-0.2, -0.15) is 0 Å². The first-order valence-electron chi connectivity index (χ1n) is 14.7. The van der Waals surface area contributed by atoms with Crippen molar-refractivity contribution in [3.63, 3.8) is 0 Å². The minimum absolute atomic E-state index is 1.13. The first kappa shape index (κ1) is 26.3. The summed E-state index contributed by atoms with van der Waals surface area (Å²) >= 11 is 0. The summed E-state index contributed by atoms with van der Waals surface area (Å²) in [4.78, 5) is 4.52. The van der Waals surface area contributed by atoms with E-state index in [0.29, 0.717) is 0 Å². The van der Waals surface area contributed by atoms with E-state index in [0.717, 1.165) is 17.1 Å². The normalized spacial score (nSPS) is 10.9. The average molecular weight is 553 g/mol. The van der Waals surface area contributed by atoms with Crippen LogP contribution in [0.2, 0.25) is 0 Å². The van der Waals surface area contributed by atoms with Gasteiger partial charge in [-0.1, -0.05) is 115 Å². The van der Waals surface area contributed by atoms with Crippen LogP contribution in [0.1, 0.15) is 0 Å². The molecule has 0 bridgehead atoms. The van der Waals surface area contributed by atoms with E-state index in [-0.39, 0.29) is 0 Å². The molecule has 7 aromatic rings. The molecule has 0 radical (unpaired) electrons. The molecule has 2 heteroatoms. The molecule has 0 amide bonds. The van der Waals surface area contributed by atoms with Crippen molar-refractivity contribution in [2.24, 2.45) is 0 Å². The van der Waals surface area contributed by atoms with Crippen molar-refractivity contribution in [2.45, 2.75) is 0 Å². The Hall–Kier alpha value is -5.60. The Labute approximate surface area is 253 Å². The molecule has 0 N–H and O–H groups in total. The lowest BCUT2D eigenvalue weighted by atomic mass is 9.99. The standard InChI is InChI=1S/C41H32N2/c1-42(37-12-4-2-5-13-37)38-25-20-34(21-26-38)32-16-18-33(19-17-32)35-22-27-40(28-23-35)43(39-14-6-3-7-15-39)41-29-24-31-10-8-9-11-36(31)30-41/h2-30H,1H3. The fraction of sp³-hybridized carbons (Fsp3) is 0.0244. The third kappa shape index (κ3) is 5.51. The lowest BCUT2D eigenvalue weighted by molar-refractivity contribution is 1.21. The summed E-state index contributed by atoms with van der Waals surface area (Å²) in [7, 11) is 2.10. The molecule has 0 spiro atoms. The second kappa shape index (κ2) is 11.7. The van der Waals surface area contributed by atoms with Gasteiger partial charge in [0.05, 0.1) is 0 Å². The topological polar surface area (TPSA) is 6.48 Å². The van der Waals surface area contributed by atoms with Crippen LogP contribution in [0.3, 0.4) is 0 Å². The van der Waals surface area contributed by atoms with Gasteiger partial charge in [0.2, 0.25) is 0 Å². The molecule has 0 saturated heterocycles. The van der Waals surface area contributed by atoms with E-state index in [9.17, 15) is 0 Å². The highest BCUT2D eigenvalue weighted by molar-refractivity contribution is 5.89. The Kier molecular flexibility index (Phi) is 7.17. The molecule has 0 heterocycles. The summed E-state index contributed by atoms with van der Waals surface area (Å²) in [5, 5.41) is 2.48. The number of hydrogen-bond acceptors (Lipinski definition) is 2. The van der Waals surface area contributed by atoms with Gasteiger partial charge in [0.25, 0.3) is 0 Å². The van der Waals surface area contributed by atoms with Crippen LogP contribution in [0.25, 0.3) is 33.0 Å². The van der Waals surface area contributed by atoms with E-state index in [2.05, 4.69) is 187 Å². The highest BCUT2D eigenvalue weighted by Gasteiger charge is 2.13. The van der Waals surface area contributed by atoms with Crippen LogP contribution in [0.4, 0.5) is 28.4 Å². The molecule has 0 aromatic heterocycles. The van der Waals surface area contributed by atoms with Gasteiger partial charge in [-0.25, -0.2) is 0 Å². The number of anilines is 5. The second-order valence-corrected chi connectivity index (χ2v) is 10.8. The maximum Gasteiger partial charge on any atom is 0.0468 e. The molecule has 0 fully saturated rings. The maximum absolute atomic E-state index is 2.32. The zero-order valence-corrected chi connectivity index (χ0v) is 24.1. The quantitative estimate of drug-likeness (QED) is 0.194. The SMILES string of the molecule is CN(c1ccccc1)c1ccc(-c2ccc(-c3ccc(N(c4ccccc4)c4ccc5ccccc5c4)cc3)cc2)cc1. The van der Waals surface area contributed by atoms with E-state index in [1.807, 2.05) is 6.07 Å². The first-order valence-corrected chi connectivity index (χ1v) is 14.7. The molecule has 0 saturated carbocycles. The van der Waals surface area contributed by atoms with Gasteiger partial charge in [-0.3, -0.25) is 0 Å². The van der Waals surface area contributed by atoms with Gasteiger partial charge in [-0.05, 0) is 93.7 Å². The third-order valence-corrected chi connectivity index (χ3v) is 8.08. The number of benzene rings is 7. The van der Waals surface area contributed by atoms with Crippen molar-refractivity contribution in [3.8, 4) is 22.3 Å². The van der Waals surface area contributed by atoms with Crippen LogP contribution in [0, 0.1) is 0 Å². The molecule has 0 atom stereocenters. The Morgan fingerprint density at radius 1 is 0.302 bits per heavy atom. The van der Waals surface area contributed by atoms with Crippen molar-refractivity contribution in [3.05, 3.63) is 176 Å². The van der Waals surface area contributed by atoms with E-state index in [4.69, 9.17) is 0 Å². The maximum atomic E-state index is 2.32. The lowest BCUT2D eigenvalue weighted by Crippen LogP contribution is -2.09. The molecule has 0 aliphatic rings. The lowest BCUT2D eigenvalue weighted by Gasteiger charge is -2.26. The van der Waals surface area contributed by atoms with E-state index in [1.165, 1.54) is 44.4 Å². The molecular formula is C41H32N2. The predicted octanol–water partition coefficient (Wildman–Crippen LogP) is 11.4. The number of para-hydroxylation sites is 2.